The number of piperidine rings is 1. The van der Waals surface area contributed by atoms with Gasteiger partial charge in [-0.05, 0) is 37.1 Å². The lowest BCUT2D eigenvalue weighted by Crippen LogP contribution is -2.46. The highest BCUT2D eigenvalue weighted by molar-refractivity contribution is 5.96. The molecule has 124 valence electrons. The van der Waals surface area contributed by atoms with Crippen LogP contribution in [0.4, 0.5) is 0 Å². The van der Waals surface area contributed by atoms with Crippen LogP contribution >= 0.6 is 0 Å². The molecule has 1 saturated heterocycles. The molecule has 23 heavy (non-hydrogen) atoms. The molecule has 0 aliphatic carbocycles. The van der Waals surface area contributed by atoms with Crippen LogP contribution in [0.15, 0.2) is 24.3 Å². The van der Waals surface area contributed by atoms with Crippen LogP contribution in [0, 0.1) is 0 Å². The number of rotatable bonds is 3. The minimum absolute atomic E-state index is 0.0795. The van der Waals surface area contributed by atoms with Crippen molar-refractivity contribution in [2.75, 3.05) is 27.2 Å². The van der Waals surface area contributed by atoms with Crippen molar-refractivity contribution in [3.05, 3.63) is 35.4 Å². The summed E-state index contributed by atoms with van der Waals surface area (Å²) in [6, 6.07) is 6.57. The Hall–Kier alpha value is -2.37. The van der Waals surface area contributed by atoms with Crippen LogP contribution in [0.1, 0.15) is 40.5 Å². The van der Waals surface area contributed by atoms with Crippen molar-refractivity contribution in [2.24, 2.45) is 0 Å². The third-order valence-electron chi connectivity index (χ3n) is 4.33. The van der Waals surface area contributed by atoms with Crippen molar-refractivity contribution in [1.82, 2.24) is 9.80 Å². The van der Waals surface area contributed by atoms with Gasteiger partial charge in [0.15, 0.2) is 0 Å². The van der Waals surface area contributed by atoms with Gasteiger partial charge in [0.2, 0.25) is 5.91 Å². The van der Waals surface area contributed by atoms with E-state index in [9.17, 15) is 14.4 Å². The molecule has 1 aromatic carbocycles. The third kappa shape index (κ3) is 3.88. The number of nitrogens with zero attached hydrogens (tertiary/aromatic N) is 2. The smallest absolute Gasteiger partial charge is 0.337 e. The normalized spacial score (nSPS) is 15.2. The molecule has 1 heterocycles. The van der Waals surface area contributed by atoms with Crippen LogP contribution in [0.25, 0.3) is 0 Å². The Bertz CT molecular complexity index is 589. The highest BCUT2D eigenvalue weighted by Gasteiger charge is 2.26. The summed E-state index contributed by atoms with van der Waals surface area (Å²) < 4.78 is 4.64. The molecule has 2 rings (SSSR count). The summed E-state index contributed by atoms with van der Waals surface area (Å²) in [5.74, 6) is -0.424. The third-order valence-corrected chi connectivity index (χ3v) is 4.33. The monoisotopic (exact) mass is 318 g/mol. The predicted octanol–water partition coefficient (Wildman–Crippen LogP) is 1.56. The second-order valence-electron chi connectivity index (χ2n) is 5.72. The van der Waals surface area contributed by atoms with E-state index in [2.05, 4.69) is 4.74 Å². The quantitative estimate of drug-likeness (QED) is 0.793. The maximum atomic E-state index is 12.5. The maximum Gasteiger partial charge on any atom is 0.337 e. The fourth-order valence-electron chi connectivity index (χ4n) is 2.80. The van der Waals surface area contributed by atoms with Crippen molar-refractivity contribution < 1.29 is 19.1 Å². The molecule has 0 atom stereocenters. The van der Waals surface area contributed by atoms with Gasteiger partial charge in [-0.2, -0.15) is 0 Å². The van der Waals surface area contributed by atoms with E-state index in [1.54, 1.807) is 48.0 Å². The fourth-order valence-corrected chi connectivity index (χ4v) is 2.80. The largest absolute Gasteiger partial charge is 0.465 e. The molecular weight excluding hydrogens is 296 g/mol. The standard InChI is InChI=1S/C17H22N2O4/c1-12(20)19-10-8-15(9-11-19)18(2)16(21)13-4-6-14(7-5-13)17(22)23-3/h4-7,15H,8-11H2,1-3H3. The first kappa shape index (κ1) is 17.0. The number of amides is 2. The Kier molecular flexibility index (Phi) is 5.36. The first-order valence-corrected chi connectivity index (χ1v) is 7.65. The molecule has 1 aliphatic heterocycles. The summed E-state index contributed by atoms with van der Waals surface area (Å²) in [5.41, 5.74) is 0.954. The van der Waals surface area contributed by atoms with E-state index in [-0.39, 0.29) is 17.9 Å². The Morgan fingerprint density at radius 1 is 1.09 bits per heavy atom. The number of esters is 1. The molecular formula is C17H22N2O4. The lowest BCUT2D eigenvalue weighted by molar-refractivity contribution is -0.130. The molecule has 1 aromatic rings. The molecule has 1 aliphatic rings. The molecule has 0 aromatic heterocycles. The molecule has 1 fully saturated rings. The van der Waals surface area contributed by atoms with E-state index in [4.69, 9.17) is 0 Å². The van der Waals surface area contributed by atoms with Gasteiger partial charge in [0.1, 0.15) is 0 Å². The predicted molar refractivity (Wildman–Crippen MR) is 85.2 cm³/mol. The molecule has 0 radical (unpaired) electrons. The summed E-state index contributed by atoms with van der Waals surface area (Å²) in [6.45, 7) is 2.93. The molecule has 0 bridgehead atoms. The topological polar surface area (TPSA) is 66.9 Å². The minimum atomic E-state index is -0.422. The van der Waals surface area contributed by atoms with Crippen LogP contribution in [0.3, 0.4) is 0 Å². The molecule has 0 N–H and O–H groups in total. The number of carbonyl (C=O) groups excluding carboxylic acids is 3. The van der Waals surface area contributed by atoms with Crippen molar-refractivity contribution in [3.63, 3.8) is 0 Å². The lowest BCUT2D eigenvalue weighted by Gasteiger charge is -2.36. The molecule has 2 amide bonds. The lowest BCUT2D eigenvalue weighted by atomic mass is 10.0. The van der Waals surface area contributed by atoms with E-state index in [0.717, 1.165) is 12.8 Å². The van der Waals surface area contributed by atoms with Gasteiger partial charge >= 0.3 is 5.97 Å². The summed E-state index contributed by atoms with van der Waals surface area (Å²) in [7, 11) is 3.10. The highest BCUT2D eigenvalue weighted by atomic mass is 16.5. The number of benzene rings is 1. The van der Waals surface area contributed by atoms with Crippen molar-refractivity contribution in [3.8, 4) is 0 Å². The van der Waals surface area contributed by atoms with E-state index < -0.39 is 5.97 Å². The number of carbonyl (C=O) groups is 3. The number of methoxy groups -OCH3 is 1. The van der Waals surface area contributed by atoms with Gasteiger partial charge in [-0.1, -0.05) is 0 Å². The Labute approximate surface area is 136 Å². The average Bonchev–Trinajstić information content (AvgIpc) is 2.60. The number of hydrogen-bond acceptors (Lipinski definition) is 4. The van der Waals surface area contributed by atoms with Gasteiger partial charge < -0.3 is 14.5 Å². The van der Waals surface area contributed by atoms with Crippen LogP contribution in [0.5, 0.6) is 0 Å². The van der Waals surface area contributed by atoms with Crippen molar-refractivity contribution in [1.29, 1.82) is 0 Å². The van der Waals surface area contributed by atoms with Gasteiger partial charge in [-0.3, -0.25) is 9.59 Å². The fraction of sp³-hybridized carbons (Fsp3) is 0.471. The minimum Gasteiger partial charge on any atom is -0.465 e. The molecule has 6 nitrogen and oxygen atoms in total. The van der Waals surface area contributed by atoms with Crippen LogP contribution in [0.2, 0.25) is 0 Å². The molecule has 0 saturated carbocycles. The van der Waals surface area contributed by atoms with E-state index in [1.165, 1.54) is 7.11 Å². The van der Waals surface area contributed by atoms with Crippen LogP contribution in [-0.4, -0.2) is 60.9 Å². The second kappa shape index (κ2) is 7.26. The Morgan fingerprint density at radius 2 is 1.61 bits per heavy atom. The summed E-state index contributed by atoms with van der Waals surface area (Å²) in [5, 5.41) is 0. The molecule has 0 unspecified atom stereocenters. The van der Waals surface area contributed by atoms with Gasteiger partial charge in [0.25, 0.3) is 5.91 Å². The molecule has 6 heteroatoms. The van der Waals surface area contributed by atoms with E-state index in [0.29, 0.717) is 24.2 Å². The Morgan fingerprint density at radius 3 is 2.09 bits per heavy atom. The van der Waals surface area contributed by atoms with Gasteiger partial charge in [-0.25, -0.2) is 4.79 Å². The number of ether oxygens (including phenoxy) is 1. The maximum absolute atomic E-state index is 12.5. The van der Waals surface area contributed by atoms with Crippen molar-refractivity contribution >= 4 is 17.8 Å². The number of hydrogen-bond donors (Lipinski definition) is 0. The number of likely N-dealkylation sites (tertiary alicyclic amines) is 1. The summed E-state index contributed by atoms with van der Waals surface area (Å²) in [6.07, 6.45) is 1.56. The zero-order valence-corrected chi connectivity index (χ0v) is 13.7. The van der Waals surface area contributed by atoms with Gasteiger partial charge in [0.05, 0.1) is 12.7 Å². The highest BCUT2D eigenvalue weighted by Crippen LogP contribution is 2.18. The average molecular weight is 318 g/mol. The zero-order chi connectivity index (χ0) is 17.0. The van der Waals surface area contributed by atoms with Crippen molar-refractivity contribution in [2.45, 2.75) is 25.8 Å². The van der Waals surface area contributed by atoms with Gasteiger partial charge in [-0.15, -0.1) is 0 Å². The Balaban J connectivity index is 2.00. The summed E-state index contributed by atoms with van der Waals surface area (Å²) in [4.78, 5) is 38.8. The first-order chi connectivity index (χ1) is 10.9. The second-order valence-corrected chi connectivity index (χ2v) is 5.72. The summed E-state index contributed by atoms with van der Waals surface area (Å²) >= 11 is 0. The zero-order valence-electron chi connectivity index (χ0n) is 13.7. The molecule has 0 spiro atoms. The first-order valence-electron chi connectivity index (χ1n) is 7.65. The van der Waals surface area contributed by atoms with Crippen LogP contribution < -0.4 is 0 Å². The van der Waals surface area contributed by atoms with Crippen LogP contribution in [-0.2, 0) is 9.53 Å². The SMILES string of the molecule is COC(=O)c1ccc(C(=O)N(C)C2CCN(C(C)=O)CC2)cc1. The van der Waals surface area contributed by atoms with Gasteiger partial charge in [0, 0.05) is 38.7 Å². The van der Waals surface area contributed by atoms with E-state index in [1.807, 2.05) is 0 Å². The van der Waals surface area contributed by atoms with E-state index >= 15 is 0 Å².